The summed E-state index contributed by atoms with van der Waals surface area (Å²) >= 11 is 4.65. The minimum atomic E-state index is -0.712. The number of nitro groups is 1. The first-order valence-corrected chi connectivity index (χ1v) is 9.18. The van der Waals surface area contributed by atoms with Crippen LogP contribution >= 0.6 is 27.3 Å². The SMILES string of the molecule is N#C/C(=C/Nc1ccc(F)cc1[N+](=O)[O-])c1nc(-c2ccc(Br)cc2)cs1. The highest BCUT2D eigenvalue weighted by molar-refractivity contribution is 9.10. The van der Waals surface area contributed by atoms with Crippen LogP contribution in [0.3, 0.4) is 0 Å². The van der Waals surface area contributed by atoms with Crippen molar-refractivity contribution in [1.29, 1.82) is 5.26 Å². The van der Waals surface area contributed by atoms with Crippen LogP contribution in [0.4, 0.5) is 15.8 Å². The Morgan fingerprint density at radius 3 is 2.74 bits per heavy atom. The second-order valence-corrected chi connectivity index (χ2v) is 7.05. The van der Waals surface area contributed by atoms with Gasteiger partial charge in [0.1, 0.15) is 28.2 Å². The number of hydrogen-bond acceptors (Lipinski definition) is 6. The maximum absolute atomic E-state index is 13.2. The van der Waals surface area contributed by atoms with E-state index in [1.165, 1.54) is 23.6 Å². The average Bonchev–Trinajstić information content (AvgIpc) is 3.13. The fourth-order valence-corrected chi connectivity index (χ4v) is 3.28. The molecule has 27 heavy (non-hydrogen) atoms. The number of nitriles is 1. The van der Waals surface area contributed by atoms with Crippen LogP contribution in [0.2, 0.25) is 0 Å². The number of anilines is 1. The Labute approximate surface area is 165 Å². The van der Waals surface area contributed by atoms with Gasteiger partial charge in [-0.3, -0.25) is 10.1 Å². The lowest BCUT2D eigenvalue weighted by molar-refractivity contribution is -0.384. The van der Waals surface area contributed by atoms with Crippen LogP contribution < -0.4 is 5.32 Å². The van der Waals surface area contributed by atoms with E-state index in [0.717, 1.165) is 27.9 Å². The zero-order valence-corrected chi connectivity index (χ0v) is 15.9. The fraction of sp³-hybridized carbons (Fsp3) is 0. The van der Waals surface area contributed by atoms with E-state index in [-0.39, 0.29) is 11.3 Å². The summed E-state index contributed by atoms with van der Waals surface area (Å²) < 4.78 is 14.2. The number of allylic oxidation sites excluding steroid dienone is 1. The third-order valence-electron chi connectivity index (χ3n) is 3.52. The van der Waals surface area contributed by atoms with E-state index in [2.05, 4.69) is 26.2 Å². The Bertz CT molecular complexity index is 1070. The van der Waals surface area contributed by atoms with Crippen LogP contribution in [-0.2, 0) is 0 Å². The van der Waals surface area contributed by atoms with Gasteiger partial charge < -0.3 is 5.32 Å². The summed E-state index contributed by atoms with van der Waals surface area (Å²) in [4.78, 5) is 14.8. The smallest absolute Gasteiger partial charge is 0.295 e. The van der Waals surface area contributed by atoms with Gasteiger partial charge in [-0.15, -0.1) is 11.3 Å². The lowest BCUT2D eigenvalue weighted by Crippen LogP contribution is -1.97. The van der Waals surface area contributed by atoms with Gasteiger partial charge in [-0.1, -0.05) is 28.1 Å². The van der Waals surface area contributed by atoms with Crippen LogP contribution in [-0.4, -0.2) is 9.91 Å². The molecule has 0 atom stereocenters. The van der Waals surface area contributed by atoms with Crippen molar-refractivity contribution in [1.82, 2.24) is 4.98 Å². The minimum absolute atomic E-state index is 0.0823. The minimum Gasteiger partial charge on any atom is -0.355 e. The third-order valence-corrected chi connectivity index (χ3v) is 4.93. The van der Waals surface area contributed by atoms with Gasteiger partial charge in [0.2, 0.25) is 0 Å². The molecule has 3 rings (SSSR count). The number of halogens is 2. The molecule has 6 nitrogen and oxygen atoms in total. The van der Waals surface area contributed by atoms with E-state index < -0.39 is 16.4 Å². The summed E-state index contributed by atoms with van der Waals surface area (Å²) in [5.41, 5.74) is 1.50. The Hall–Kier alpha value is -3.09. The summed E-state index contributed by atoms with van der Waals surface area (Å²) in [6.45, 7) is 0. The topological polar surface area (TPSA) is 91.8 Å². The molecular formula is C18H10BrFN4O2S. The standard InChI is InChI=1S/C18H10BrFN4O2S/c19-13-3-1-11(2-4-13)16-10-27-18(23-16)12(8-21)9-22-15-6-5-14(20)7-17(15)24(25)26/h1-7,9-10,22H/b12-9-. The van der Waals surface area contributed by atoms with Crippen LogP contribution in [0.15, 0.2) is 58.5 Å². The maximum Gasteiger partial charge on any atom is 0.295 e. The maximum atomic E-state index is 13.2. The highest BCUT2D eigenvalue weighted by atomic mass is 79.9. The van der Waals surface area contributed by atoms with E-state index in [1.54, 1.807) is 0 Å². The molecule has 0 saturated heterocycles. The Morgan fingerprint density at radius 2 is 2.07 bits per heavy atom. The molecule has 0 spiro atoms. The zero-order chi connectivity index (χ0) is 19.4. The van der Waals surface area contributed by atoms with Crippen LogP contribution in [0.5, 0.6) is 0 Å². The molecule has 0 amide bonds. The van der Waals surface area contributed by atoms with Crippen molar-refractivity contribution in [2.45, 2.75) is 0 Å². The number of aromatic nitrogens is 1. The predicted octanol–water partition coefficient (Wildman–Crippen LogP) is 5.60. The summed E-state index contributed by atoms with van der Waals surface area (Å²) in [5.74, 6) is -0.712. The van der Waals surface area contributed by atoms with Crippen molar-refractivity contribution in [2.24, 2.45) is 0 Å². The summed E-state index contributed by atoms with van der Waals surface area (Å²) in [6, 6.07) is 12.8. The largest absolute Gasteiger partial charge is 0.355 e. The molecule has 0 bridgehead atoms. The van der Waals surface area contributed by atoms with Gasteiger partial charge in [-0.25, -0.2) is 9.37 Å². The van der Waals surface area contributed by atoms with Gasteiger partial charge in [-0.2, -0.15) is 5.26 Å². The highest BCUT2D eigenvalue weighted by Gasteiger charge is 2.15. The summed E-state index contributed by atoms with van der Waals surface area (Å²) in [6.07, 6.45) is 1.32. The second kappa shape index (κ2) is 8.07. The monoisotopic (exact) mass is 444 g/mol. The highest BCUT2D eigenvalue weighted by Crippen LogP contribution is 2.29. The van der Waals surface area contributed by atoms with Gasteiger partial charge in [0.15, 0.2) is 0 Å². The molecule has 0 unspecified atom stereocenters. The molecule has 0 fully saturated rings. The number of nitrogens with one attached hydrogen (secondary N) is 1. The first-order valence-electron chi connectivity index (χ1n) is 7.50. The van der Waals surface area contributed by atoms with Crippen molar-refractivity contribution < 1.29 is 9.31 Å². The number of hydrogen-bond donors (Lipinski definition) is 1. The Kier molecular flexibility index (Phi) is 5.59. The van der Waals surface area contributed by atoms with Gasteiger partial charge in [0, 0.05) is 21.6 Å². The van der Waals surface area contributed by atoms with Crippen LogP contribution in [0.25, 0.3) is 16.8 Å². The second-order valence-electron chi connectivity index (χ2n) is 5.28. The average molecular weight is 445 g/mol. The molecule has 0 saturated carbocycles. The van der Waals surface area contributed by atoms with Gasteiger partial charge in [0.05, 0.1) is 16.7 Å². The van der Waals surface area contributed by atoms with Crippen molar-refractivity contribution in [3.63, 3.8) is 0 Å². The van der Waals surface area contributed by atoms with E-state index in [1.807, 2.05) is 35.7 Å². The first-order chi connectivity index (χ1) is 13.0. The molecule has 3 aromatic rings. The van der Waals surface area contributed by atoms with Gasteiger partial charge >= 0.3 is 0 Å². The van der Waals surface area contributed by atoms with E-state index in [4.69, 9.17) is 0 Å². The number of rotatable bonds is 5. The lowest BCUT2D eigenvalue weighted by Gasteiger charge is -2.03. The van der Waals surface area contributed by atoms with E-state index in [0.29, 0.717) is 5.01 Å². The molecule has 0 aliphatic heterocycles. The quantitative estimate of drug-likeness (QED) is 0.314. The van der Waals surface area contributed by atoms with Crippen LogP contribution in [0.1, 0.15) is 5.01 Å². The van der Waals surface area contributed by atoms with Crippen molar-refractivity contribution in [3.05, 3.63) is 79.5 Å². The molecule has 0 radical (unpaired) electrons. The fourth-order valence-electron chi connectivity index (χ4n) is 2.22. The normalized spacial score (nSPS) is 11.1. The van der Waals surface area contributed by atoms with Gasteiger partial charge in [-0.05, 0) is 24.3 Å². The molecule has 2 aromatic carbocycles. The number of nitro benzene ring substituents is 1. The molecule has 1 heterocycles. The van der Waals surface area contributed by atoms with E-state index in [9.17, 15) is 19.8 Å². The lowest BCUT2D eigenvalue weighted by atomic mass is 10.2. The van der Waals surface area contributed by atoms with E-state index >= 15 is 0 Å². The molecule has 0 aliphatic rings. The summed E-state index contributed by atoms with van der Waals surface area (Å²) in [5, 5.41) is 25.4. The van der Waals surface area contributed by atoms with Crippen molar-refractivity contribution in [3.8, 4) is 17.3 Å². The molecule has 134 valence electrons. The third kappa shape index (κ3) is 4.36. The van der Waals surface area contributed by atoms with Crippen LogP contribution in [0, 0.1) is 27.3 Å². The summed E-state index contributed by atoms with van der Waals surface area (Å²) in [7, 11) is 0. The molecule has 0 aliphatic carbocycles. The molecule has 1 N–H and O–H groups in total. The number of nitrogens with zero attached hydrogens (tertiary/aromatic N) is 3. The number of benzene rings is 2. The van der Waals surface area contributed by atoms with Crippen molar-refractivity contribution in [2.75, 3.05) is 5.32 Å². The Morgan fingerprint density at radius 1 is 1.33 bits per heavy atom. The van der Waals surface area contributed by atoms with Crippen molar-refractivity contribution >= 4 is 44.2 Å². The van der Waals surface area contributed by atoms with Gasteiger partial charge in [0.25, 0.3) is 5.69 Å². The zero-order valence-electron chi connectivity index (χ0n) is 13.5. The molecule has 9 heteroatoms. The Balaban J connectivity index is 1.87. The first kappa shape index (κ1) is 18.7. The number of thiazole rings is 1. The predicted molar refractivity (Wildman–Crippen MR) is 106 cm³/mol. The molecular weight excluding hydrogens is 435 g/mol. The molecule has 1 aromatic heterocycles.